The van der Waals surface area contributed by atoms with E-state index in [1.54, 1.807) is 4.90 Å². The normalized spacial score (nSPS) is 18.2. The van der Waals surface area contributed by atoms with Gasteiger partial charge in [-0.1, -0.05) is 0 Å². The Morgan fingerprint density at radius 2 is 2.17 bits per heavy atom. The summed E-state index contributed by atoms with van der Waals surface area (Å²) in [6.45, 7) is 2.67. The summed E-state index contributed by atoms with van der Waals surface area (Å²) in [4.78, 5) is 29.3. The van der Waals surface area contributed by atoms with Crippen LogP contribution in [-0.4, -0.2) is 47.1 Å². The summed E-state index contributed by atoms with van der Waals surface area (Å²) in [5.41, 5.74) is 0.329. The number of anilines is 1. The molecule has 1 aromatic heterocycles. The quantitative estimate of drug-likeness (QED) is 0.888. The van der Waals surface area contributed by atoms with Gasteiger partial charge in [0.1, 0.15) is 0 Å². The van der Waals surface area contributed by atoms with Gasteiger partial charge in [0.05, 0.1) is 17.8 Å². The van der Waals surface area contributed by atoms with E-state index in [0.717, 1.165) is 0 Å². The molecule has 0 unspecified atom stereocenters. The van der Waals surface area contributed by atoms with Crippen LogP contribution in [0.4, 0.5) is 18.9 Å². The fourth-order valence-electron chi connectivity index (χ4n) is 2.35. The van der Waals surface area contributed by atoms with Crippen molar-refractivity contribution in [2.45, 2.75) is 32.5 Å². The molecule has 1 fully saturated rings. The van der Waals surface area contributed by atoms with E-state index in [1.165, 1.54) is 18.3 Å². The van der Waals surface area contributed by atoms with Crippen molar-refractivity contribution in [1.82, 2.24) is 9.88 Å². The predicted octanol–water partition coefficient (Wildman–Crippen LogP) is 2.22. The second kappa shape index (κ2) is 7.06. The molecular formula is C15H18F3N3O3. The Balaban J connectivity index is 1.90. The van der Waals surface area contributed by atoms with Crippen molar-refractivity contribution in [1.29, 1.82) is 0 Å². The first-order valence-corrected chi connectivity index (χ1v) is 7.41. The Bertz CT molecular complexity index is 602. The van der Waals surface area contributed by atoms with Gasteiger partial charge in [-0.3, -0.25) is 9.59 Å². The number of hydrogen-bond donors (Lipinski definition) is 1. The largest absolute Gasteiger partial charge is 0.468 e. The maximum absolute atomic E-state index is 12.2. The van der Waals surface area contributed by atoms with Gasteiger partial charge < -0.3 is 15.0 Å². The van der Waals surface area contributed by atoms with E-state index >= 15 is 0 Å². The lowest BCUT2D eigenvalue weighted by molar-refractivity contribution is -0.154. The number of nitrogens with zero attached hydrogens (tertiary/aromatic N) is 2. The van der Waals surface area contributed by atoms with Crippen molar-refractivity contribution in [3.8, 4) is 5.88 Å². The van der Waals surface area contributed by atoms with Crippen LogP contribution in [0.3, 0.4) is 0 Å². The number of hydrogen-bond acceptors (Lipinski definition) is 4. The van der Waals surface area contributed by atoms with Crippen LogP contribution < -0.4 is 10.1 Å². The van der Waals surface area contributed by atoms with E-state index in [-0.39, 0.29) is 30.2 Å². The number of carbonyl (C=O) groups excluding carboxylic acids is 2. The molecule has 0 bridgehead atoms. The molecule has 0 saturated carbocycles. The van der Waals surface area contributed by atoms with E-state index in [2.05, 4.69) is 15.0 Å². The van der Waals surface area contributed by atoms with Crippen LogP contribution in [0, 0.1) is 5.92 Å². The highest BCUT2D eigenvalue weighted by atomic mass is 19.4. The van der Waals surface area contributed by atoms with Crippen LogP contribution in [0.2, 0.25) is 0 Å². The molecule has 1 aliphatic rings. The summed E-state index contributed by atoms with van der Waals surface area (Å²) in [6.07, 6.45) is -3.09. The van der Waals surface area contributed by atoms with Crippen molar-refractivity contribution >= 4 is 17.5 Å². The van der Waals surface area contributed by atoms with Gasteiger partial charge in [0.25, 0.3) is 0 Å². The third-order valence-corrected chi connectivity index (χ3v) is 3.54. The minimum Gasteiger partial charge on any atom is -0.468 e. The fraction of sp³-hybridized carbons (Fsp3) is 0.533. The molecule has 0 radical (unpaired) electrons. The summed E-state index contributed by atoms with van der Waals surface area (Å²) in [6, 6.07) is 2.66. The predicted molar refractivity (Wildman–Crippen MR) is 79.4 cm³/mol. The third kappa shape index (κ3) is 4.84. The topological polar surface area (TPSA) is 71.5 Å². The Kier molecular flexibility index (Phi) is 5.30. The number of likely N-dealkylation sites (tertiary alicyclic amines) is 1. The van der Waals surface area contributed by atoms with Crippen molar-refractivity contribution in [2.24, 2.45) is 5.92 Å². The molecule has 132 valence electrons. The Hall–Kier alpha value is -2.32. The Labute approximate surface area is 137 Å². The molecule has 2 rings (SSSR count). The average molecular weight is 345 g/mol. The Morgan fingerprint density at radius 3 is 2.67 bits per heavy atom. The zero-order chi connectivity index (χ0) is 17.9. The number of rotatable bonds is 5. The molecule has 6 nitrogen and oxygen atoms in total. The van der Waals surface area contributed by atoms with E-state index in [4.69, 9.17) is 0 Å². The first-order valence-electron chi connectivity index (χ1n) is 7.41. The van der Waals surface area contributed by atoms with Crippen LogP contribution in [0.25, 0.3) is 0 Å². The number of ether oxygens (including phenoxy) is 1. The number of aromatic nitrogens is 1. The van der Waals surface area contributed by atoms with Crippen LogP contribution in [-0.2, 0) is 9.59 Å². The molecular weight excluding hydrogens is 327 g/mol. The molecule has 24 heavy (non-hydrogen) atoms. The smallest absolute Gasteiger partial charge is 0.422 e. The SMILES string of the molecule is CC(C)N1C[C@H](C(=O)Nc2ccc(OCC(F)(F)F)nc2)CC1=O. The lowest BCUT2D eigenvalue weighted by Crippen LogP contribution is -2.33. The zero-order valence-corrected chi connectivity index (χ0v) is 13.3. The molecule has 9 heteroatoms. The first kappa shape index (κ1) is 18.0. The minimum absolute atomic E-state index is 0.0297. The van der Waals surface area contributed by atoms with Crippen molar-refractivity contribution in [3.05, 3.63) is 18.3 Å². The minimum atomic E-state index is -4.44. The molecule has 1 aliphatic heterocycles. The maximum atomic E-state index is 12.2. The van der Waals surface area contributed by atoms with Crippen LogP contribution >= 0.6 is 0 Å². The van der Waals surface area contributed by atoms with Crippen LogP contribution in [0.5, 0.6) is 5.88 Å². The number of nitrogens with one attached hydrogen (secondary N) is 1. The molecule has 2 heterocycles. The standard InChI is InChI=1S/C15H18F3N3O3/c1-9(2)21-7-10(5-13(21)22)14(23)20-11-3-4-12(19-6-11)24-8-15(16,17)18/h3-4,6,9-10H,5,7-8H2,1-2H3,(H,20,23)/t10-/m1/s1. The van der Waals surface area contributed by atoms with Gasteiger partial charge in [0.15, 0.2) is 6.61 Å². The van der Waals surface area contributed by atoms with Crippen molar-refractivity contribution in [3.63, 3.8) is 0 Å². The number of pyridine rings is 1. The van der Waals surface area contributed by atoms with Crippen LogP contribution in [0.1, 0.15) is 20.3 Å². The molecule has 1 saturated heterocycles. The summed E-state index contributed by atoms with van der Waals surface area (Å²) in [5, 5.41) is 2.61. The molecule has 0 spiro atoms. The highest BCUT2D eigenvalue weighted by molar-refractivity contribution is 5.97. The van der Waals surface area contributed by atoms with E-state index in [9.17, 15) is 22.8 Å². The van der Waals surface area contributed by atoms with Gasteiger partial charge in [0, 0.05) is 25.1 Å². The molecule has 0 aromatic carbocycles. The van der Waals surface area contributed by atoms with Gasteiger partial charge in [-0.15, -0.1) is 0 Å². The molecule has 1 atom stereocenters. The monoisotopic (exact) mass is 345 g/mol. The molecule has 2 amide bonds. The van der Waals surface area contributed by atoms with Crippen molar-refractivity contribution in [2.75, 3.05) is 18.5 Å². The Morgan fingerprint density at radius 1 is 1.46 bits per heavy atom. The first-order chi connectivity index (χ1) is 11.2. The second-order valence-corrected chi connectivity index (χ2v) is 5.82. The average Bonchev–Trinajstić information content (AvgIpc) is 2.88. The zero-order valence-electron chi connectivity index (χ0n) is 13.3. The van der Waals surface area contributed by atoms with Gasteiger partial charge >= 0.3 is 6.18 Å². The van der Waals surface area contributed by atoms with E-state index < -0.39 is 18.7 Å². The summed E-state index contributed by atoms with van der Waals surface area (Å²) in [7, 11) is 0. The summed E-state index contributed by atoms with van der Waals surface area (Å²) < 4.78 is 40.6. The van der Waals surface area contributed by atoms with Gasteiger partial charge in [-0.25, -0.2) is 4.98 Å². The van der Waals surface area contributed by atoms with E-state index in [1.807, 2.05) is 13.8 Å². The second-order valence-electron chi connectivity index (χ2n) is 5.82. The van der Waals surface area contributed by atoms with Gasteiger partial charge in [0.2, 0.25) is 17.7 Å². The number of amides is 2. The van der Waals surface area contributed by atoms with Gasteiger partial charge in [-0.2, -0.15) is 13.2 Å². The molecule has 1 aromatic rings. The number of halogens is 3. The maximum Gasteiger partial charge on any atom is 0.422 e. The lowest BCUT2D eigenvalue weighted by atomic mass is 10.1. The fourth-order valence-corrected chi connectivity index (χ4v) is 2.35. The third-order valence-electron chi connectivity index (χ3n) is 3.54. The lowest BCUT2D eigenvalue weighted by Gasteiger charge is -2.20. The highest BCUT2D eigenvalue weighted by Crippen LogP contribution is 2.22. The van der Waals surface area contributed by atoms with E-state index in [0.29, 0.717) is 12.2 Å². The molecule has 0 aliphatic carbocycles. The molecule has 1 N–H and O–H groups in total. The highest BCUT2D eigenvalue weighted by Gasteiger charge is 2.35. The summed E-state index contributed by atoms with van der Waals surface area (Å²) in [5.74, 6) is -1.04. The van der Waals surface area contributed by atoms with Crippen molar-refractivity contribution < 1.29 is 27.5 Å². The van der Waals surface area contributed by atoms with Gasteiger partial charge in [-0.05, 0) is 19.9 Å². The number of alkyl halides is 3. The summed E-state index contributed by atoms with van der Waals surface area (Å²) >= 11 is 0. The van der Waals surface area contributed by atoms with Crippen LogP contribution in [0.15, 0.2) is 18.3 Å². The number of carbonyl (C=O) groups is 2.